The zero-order chi connectivity index (χ0) is 10.5. The van der Waals surface area contributed by atoms with E-state index in [-0.39, 0.29) is 11.7 Å². The Bertz CT molecular complexity index is 479. The molecule has 1 aromatic carbocycles. The Kier molecular flexibility index (Phi) is 1.96. The van der Waals surface area contributed by atoms with Crippen LogP contribution in [0, 0.1) is 0 Å². The second-order valence-corrected chi connectivity index (χ2v) is 4.46. The average Bonchev–Trinajstić information content (AvgIpc) is 2.97. The minimum Gasteiger partial charge on any atom is -0.352 e. The molecule has 1 nitrogen and oxygen atoms in total. The third kappa shape index (κ3) is 1.27. The van der Waals surface area contributed by atoms with Crippen molar-refractivity contribution in [3.63, 3.8) is 0 Å². The van der Waals surface area contributed by atoms with Crippen LogP contribution >= 0.6 is 23.2 Å². The molecule has 3 heteroatoms. The maximum absolute atomic E-state index is 6.17. The topological polar surface area (TPSA) is 12.5 Å². The van der Waals surface area contributed by atoms with Gasteiger partial charge in [0, 0.05) is 5.56 Å². The van der Waals surface area contributed by atoms with Crippen LogP contribution < -0.4 is 0 Å². The largest absolute Gasteiger partial charge is 0.352 e. The molecule has 15 heavy (non-hydrogen) atoms. The van der Waals surface area contributed by atoms with Crippen molar-refractivity contribution in [3.05, 3.63) is 58.1 Å². The number of hydrogen-bond acceptors (Lipinski definition) is 1. The summed E-state index contributed by atoms with van der Waals surface area (Å²) in [5.41, 5.74) is 0.582. The molecule has 76 valence electrons. The van der Waals surface area contributed by atoms with Crippen molar-refractivity contribution in [2.24, 2.45) is 0 Å². The van der Waals surface area contributed by atoms with Gasteiger partial charge in [-0.15, -0.1) is 0 Å². The van der Waals surface area contributed by atoms with Crippen LogP contribution in [-0.4, -0.2) is 6.10 Å². The fourth-order valence-electron chi connectivity index (χ4n) is 1.97. The zero-order valence-electron chi connectivity index (χ0n) is 7.78. The van der Waals surface area contributed by atoms with Crippen LogP contribution in [-0.2, 0) is 10.3 Å². The van der Waals surface area contributed by atoms with Gasteiger partial charge in [0.15, 0.2) is 0 Å². The Hall–Kier alpha value is -0.760. The standard InChI is InChI=1S/C12H8Cl2O/c13-9-5-3-4-8(11(9)14)12-7-2-1-6-10(12)15-12/h1-7,10H. The first-order valence-corrected chi connectivity index (χ1v) is 5.48. The zero-order valence-corrected chi connectivity index (χ0v) is 9.29. The molecule has 0 aromatic heterocycles. The molecule has 0 saturated carbocycles. The fraction of sp³-hybridized carbons (Fsp3) is 0.167. The van der Waals surface area contributed by atoms with Crippen LogP contribution in [0.4, 0.5) is 0 Å². The SMILES string of the molecule is Clc1cccc(C23C=CC=CC2O3)c1Cl. The second kappa shape index (κ2) is 3.11. The molecule has 2 aliphatic rings. The molecule has 0 spiro atoms. The Morgan fingerprint density at radius 2 is 2.07 bits per heavy atom. The summed E-state index contributed by atoms with van der Waals surface area (Å²) in [4.78, 5) is 0. The van der Waals surface area contributed by atoms with Crippen LogP contribution in [0.15, 0.2) is 42.5 Å². The normalized spacial score (nSPS) is 31.5. The quantitative estimate of drug-likeness (QED) is 0.680. The molecule has 2 unspecified atom stereocenters. The molecule has 1 aliphatic heterocycles. The summed E-state index contributed by atoms with van der Waals surface area (Å²) in [7, 11) is 0. The highest BCUT2D eigenvalue weighted by atomic mass is 35.5. The van der Waals surface area contributed by atoms with Gasteiger partial charge in [-0.2, -0.15) is 0 Å². The summed E-state index contributed by atoms with van der Waals surface area (Å²) >= 11 is 12.2. The van der Waals surface area contributed by atoms with Gasteiger partial charge in [-0.05, 0) is 12.1 Å². The van der Waals surface area contributed by atoms with Crippen molar-refractivity contribution >= 4 is 23.2 Å². The number of hydrogen-bond donors (Lipinski definition) is 0. The minimum absolute atomic E-state index is 0.110. The third-order valence-corrected chi connectivity index (χ3v) is 3.62. The van der Waals surface area contributed by atoms with Gasteiger partial charge in [0.2, 0.25) is 0 Å². The lowest BCUT2D eigenvalue weighted by Gasteiger charge is -2.12. The van der Waals surface area contributed by atoms with Crippen LogP contribution in [0.5, 0.6) is 0 Å². The Morgan fingerprint density at radius 3 is 2.87 bits per heavy atom. The molecule has 0 radical (unpaired) electrons. The van der Waals surface area contributed by atoms with Crippen LogP contribution in [0.1, 0.15) is 5.56 Å². The predicted octanol–water partition coefficient (Wildman–Crippen LogP) is 3.71. The maximum atomic E-state index is 6.17. The first-order chi connectivity index (χ1) is 7.24. The van der Waals surface area contributed by atoms with E-state index >= 15 is 0 Å². The Labute approximate surface area is 98.0 Å². The lowest BCUT2D eigenvalue weighted by Crippen LogP contribution is -2.10. The molecule has 0 bridgehead atoms. The highest BCUT2D eigenvalue weighted by molar-refractivity contribution is 6.42. The number of ether oxygens (including phenoxy) is 1. The smallest absolute Gasteiger partial charge is 0.144 e. The number of halogens is 2. The number of rotatable bonds is 1. The summed E-state index contributed by atoms with van der Waals surface area (Å²) in [6.45, 7) is 0. The average molecular weight is 239 g/mol. The van der Waals surface area contributed by atoms with E-state index in [4.69, 9.17) is 27.9 Å². The predicted molar refractivity (Wildman–Crippen MR) is 61.3 cm³/mol. The van der Waals surface area contributed by atoms with Gasteiger partial charge < -0.3 is 4.74 Å². The minimum atomic E-state index is -0.364. The molecule has 1 saturated heterocycles. The first kappa shape index (κ1) is 9.46. The molecular weight excluding hydrogens is 231 g/mol. The van der Waals surface area contributed by atoms with E-state index in [9.17, 15) is 0 Å². The van der Waals surface area contributed by atoms with E-state index in [1.54, 1.807) is 6.07 Å². The second-order valence-electron chi connectivity index (χ2n) is 3.68. The number of allylic oxidation sites excluding steroid dienone is 2. The summed E-state index contributed by atoms with van der Waals surface area (Å²) < 4.78 is 5.67. The maximum Gasteiger partial charge on any atom is 0.144 e. The van der Waals surface area contributed by atoms with Crippen molar-refractivity contribution < 1.29 is 4.74 Å². The monoisotopic (exact) mass is 238 g/mol. The van der Waals surface area contributed by atoms with Crippen molar-refractivity contribution in [2.75, 3.05) is 0 Å². The first-order valence-electron chi connectivity index (χ1n) is 4.72. The van der Waals surface area contributed by atoms with Gasteiger partial charge in [0.05, 0.1) is 10.0 Å². The Morgan fingerprint density at radius 1 is 1.20 bits per heavy atom. The van der Waals surface area contributed by atoms with Crippen LogP contribution in [0.3, 0.4) is 0 Å². The van der Waals surface area contributed by atoms with Gasteiger partial charge in [0.1, 0.15) is 11.7 Å². The third-order valence-electron chi connectivity index (χ3n) is 2.80. The van der Waals surface area contributed by atoms with Crippen molar-refractivity contribution in [3.8, 4) is 0 Å². The number of epoxide rings is 1. The summed E-state index contributed by atoms with van der Waals surface area (Å²) in [5.74, 6) is 0. The molecule has 2 atom stereocenters. The lowest BCUT2D eigenvalue weighted by atomic mass is 9.92. The lowest BCUT2D eigenvalue weighted by molar-refractivity contribution is 0.346. The molecular formula is C12H8Cl2O. The molecule has 0 amide bonds. The molecule has 1 fully saturated rings. The van der Waals surface area contributed by atoms with Crippen LogP contribution in [0.25, 0.3) is 0 Å². The summed E-state index contributed by atoms with van der Waals surface area (Å²) in [5, 5.41) is 1.15. The van der Waals surface area contributed by atoms with Crippen molar-refractivity contribution in [1.82, 2.24) is 0 Å². The van der Waals surface area contributed by atoms with Gasteiger partial charge in [-0.25, -0.2) is 0 Å². The van der Waals surface area contributed by atoms with Gasteiger partial charge >= 0.3 is 0 Å². The van der Waals surface area contributed by atoms with E-state index in [0.717, 1.165) is 5.56 Å². The van der Waals surface area contributed by atoms with E-state index < -0.39 is 0 Å². The van der Waals surface area contributed by atoms with Gasteiger partial charge in [0.25, 0.3) is 0 Å². The number of fused-ring (bicyclic) bond motifs is 1. The van der Waals surface area contributed by atoms with E-state index in [0.29, 0.717) is 10.0 Å². The van der Waals surface area contributed by atoms with Crippen LogP contribution in [0.2, 0.25) is 10.0 Å². The molecule has 1 heterocycles. The summed E-state index contributed by atoms with van der Waals surface area (Å²) in [6, 6.07) is 5.63. The molecule has 3 rings (SSSR count). The fourth-order valence-corrected chi connectivity index (χ4v) is 2.42. The van der Waals surface area contributed by atoms with Gasteiger partial charge in [-0.1, -0.05) is 53.6 Å². The van der Waals surface area contributed by atoms with Crippen molar-refractivity contribution in [1.29, 1.82) is 0 Å². The van der Waals surface area contributed by atoms with E-state index in [2.05, 4.69) is 0 Å². The van der Waals surface area contributed by atoms with Gasteiger partial charge in [-0.3, -0.25) is 0 Å². The molecule has 0 N–H and O–H groups in total. The molecule has 1 aromatic rings. The Balaban J connectivity index is 2.12. The molecule has 1 aliphatic carbocycles. The highest BCUT2D eigenvalue weighted by Gasteiger charge is 2.56. The summed E-state index contributed by atoms with van der Waals surface area (Å²) in [6.07, 6.45) is 8.11. The highest BCUT2D eigenvalue weighted by Crippen LogP contribution is 2.52. The van der Waals surface area contributed by atoms with Crippen molar-refractivity contribution in [2.45, 2.75) is 11.7 Å². The van der Waals surface area contributed by atoms with E-state index in [1.165, 1.54) is 0 Å². The number of benzene rings is 1. The van der Waals surface area contributed by atoms with E-state index in [1.807, 2.05) is 36.4 Å².